The van der Waals surface area contributed by atoms with Gasteiger partial charge in [-0.15, -0.1) is 0 Å². The molecule has 0 aromatic carbocycles. The number of carbonyl (C=O) groups is 1. The lowest BCUT2D eigenvalue weighted by atomic mass is 9.96. The van der Waals surface area contributed by atoms with Gasteiger partial charge in [-0.2, -0.15) is 0 Å². The molecule has 1 N–H and O–H groups in total. The van der Waals surface area contributed by atoms with Gasteiger partial charge in [-0.05, 0) is 32.4 Å². The predicted octanol–water partition coefficient (Wildman–Crippen LogP) is 0.00600. The first-order chi connectivity index (χ1) is 7.66. The van der Waals surface area contributed by atoms with Crippen LogP contribution in [-0.2, 0) is 4.79 Å². The summed E-state index contributed by atoms with van der Waals surface area (Å²) in [6.45, 7) is 5.02. The Balaban J connectivity index is 1.76. The molecular weight excluding hydrogens is 202 g/mol. The number of nitrogens with zero attached hydrogens (tertiary/aromatic N) is 2. The van der Waals surface area contributed by atoms with Gasteiger partial charge in [0, 0.05) is 33.2 Å². The van der Waals surface area contributed by atoms with E-state index in [1.807, 2.05) is 11.9 Å². The van der Waals surface area contributed by atoms with Gasteiger partial charge < -0.3 is 15.1 Å². The molecule has 0 aromatic heterocycles. The molecule has 1 unspecified atom stereocenters. The van der Waals surface area contributed by atoms with Gasteiger partial charge in [-0.25, -0.2) is 0 Å². The smallest absolute Gasteiger partial charge is 0.228 e. The molecule has 2 fully saturated rings. The number of carbonyl (C=O) groups excluding carboxylic acids is 1. The molecule has 2 saturated heterocycles. The van der Waals surface area contributed by atoms with Gasteiger partial charge in [0.05, 0.1) is 5.92 Å². The summed E-state index contributed by atoms with van der Waals surface area (Å²) >= 11 is 0. The van der Waals surface area contributed by atoms with Crippen molar-refractivity contribution in [3.63, 3.8) is 0 Å². The number of hydrogen-bond donors (Lipinski definition) is 1. The number of nitrogens with one attached hydrogen (secondary N) is 1. The second kappa shape index (κ2) is 5.15. The summed E-state index contributed by atoms with van der Waals surface area (Å²) in [5.74, 6) is 1.24. The molecule has 0 aliphatic carbocycles. The Hall–Kier alpha value is -0.610. The van der Waals surface area contributed by atoms with E-state index in [4.69, 9.17) is 0 Å². The van der Waals surface area contributed by atoms with Crippen molar-refractivity contribution in [2.75, 3.05) is 46.8 Å². The summed E-state index contributed by atoms with van der Waals surface area (Å²) in [6, 6.07) is 0. The molecule has 2 aliphatic rings. The first-order valence-electron chi connectivity index (χ1n) is 6.31. The third-order valence-corrected chi connectivity index (χ3v) is 3.76. The Morgan fingerprint density at radius 3 is 2.81 bits per heavy atom. The highest BCUT2D eigenvalue weighted by atomic mass is 16.2. The summed E-state index contributed by atoms with van der Waals surface area (Å²) in [4.78, 5) is 16.3. The summed E-state index contributed by atoms with van der Waals surface area (Å²) in [6.07, 6.45) is 2.54. The van der Waals surface area contributed by atoms with Gasteiger partial charge in [-0.1, -0.05) is 0 Å². The van der Waals surface area contributed by atoms with Crippen LogP contribution in [0.3, 0.4) is 0 Å². The molecule has 2 aliphatic heterocycles. The lowest BCUT2D eigenvalue weighted by Crippen LogP contribution is -2.52. The number of likely N-dealkylation sites (tertiary alicyclic amines) is 1. The van der Waals surface area contributed by atoms with Crippen molar-refractivity contribution in [2.45, 2.75) is 12.8 Å². The van der Waals surface area contributed by atoms with E-state index in [0.29, 0.717) is 11.8 Å². The Morgan fingerprint density at radius 1 is 1.50 bits per heavy atom. The zero-order chi connectivity index (χ0) is 11.5. The topological polar surface area (TPSA) is 35.6 Å². The molecule has 2 heterocycles. The number of amides is 1. The van der Waals surface area contributed by atoms with E-state index in [9.17, 15) is 4.79 Å². The minimum absolute atomic E-state index is 0.242. The third-order valence-electron chi connectivity index (χ3n) is 3.76. The molecule has 16 heavy (non-hydrogen) atoms. The van der Waals surface area contributed by atoms with Gasteiger partial charge in [0.15, 0.2) is 0 Å². The molecule has 92 valence electrons. The lowest BCUT2D eigenvalue weighted by Gasteiger charge is -2.35. The zero-order valence-electron chi connectivity index (χ0n) is 10.4. The van der Waals surface area contributed by atoms with Crippen molar-refractivity contribution in [3.05, 3.63) is 0 Å². The van der Waals surface area contributed by atoms with Crippen LogP contribution in [0.5, 0.6) is 0 Å². The van der Waals surface area contributed by atoms with Crippen LogP contribution < -0.4 is 5.32 Å². The van der Waals surface area contributed by atoms with E-state index in [-0.39, 0.29) is 5.92 Å². The highest BCUT2D eigenvalue weighted by Crippen LogP contribution is 2.17. The van der Waals surface area contributed by atoms with Gasteiger partial charge in [0.2, 0.25) is 5.91 Å². The first kappa shape index (κ1) is 11.9. The minimum atomic E-state index is 0.242. The fraction of sp³-hybridized carbons (Fsp3) is 0.917. The number of piperidine rings is 1. The van der Waals surface area contributed by atoms with Crippen molar-refractivity contribution in [1.29, 1.82) is 0 Å². The molecule has 2 rings (SSSR count). The van der Waals surface area contributed by atoms with E-state index < -0.39 is 0 Å². The molecule has 4 nitrogen and oxygen atoms in total. The van der Waals surface area contributed by atoms with Gasteiger partial charge in [-0.3, -0.25) is 4.79 Å². The quantitative estimate of drug-likeness (QED) is 0.735. The number of rotatable bonds is 3. The SMILES string of the molecule is CN1CCCC(CN(C)C(=O)C2CNC2)C1. The molecule has 0 saturated carbocycles. The van der Waals surface area contributed by atoms with Crippen LogP contribution in [0.2, 0.25) is 0 Å². The Kier molecular flexibility index (Phi) is 3.82. The monoisotopic (exact) mass is 225 g/mol. The normalized spacial score (nSPS) is 27.5. The Morgan fingerprint density at radius 2 is 2.25 bits per heavy atom. The highest BCUT2D eigenvalue weighted by molar-refractivity contribution is 5.79. The van der Waals surface area contributed by atoms with Crippen LogP contribution >= 0.6 is 0 Å². The Bertz CT molecular complexity index is 253. The average molecular weight is 225 g/mol. The fourth-order valence-corrected chi connectivity index (χ4v) is 2.67. The van der Waals surface area contributed by atoms with E-state index in [1.54, 1.807) is 0 Å². The molecule has 0 spiro atoms. The van der Waals surface area contributed by atoms with Crippen LogP contribution in [0.25, 0.3) is 0 Å². The molecule has 0 aromatic rings. The maximum atomic E-state index is 12.0. The minimum Gasteiger partial charge on any atom is -0.345 e. The maximum Gasteiger partial charge on any atom is 0.228 e. The van der Waals surface area contributed by atoms with E-state index in [2.05, 4.69) is 17.3 Å². The van der Waals surface area contributed by atoms with E-state index in [0.717, 1.165) is 26.2 Å². The van der Waals surface area contributed by atoms with Crippen molar-refractivity contribution in [2.24, 2.45) is 11.8 Å². The standard InChI is InChI=1S/C12H23N3O/c1-14-5-3-4-10(8-14)9-15(2)12(16)11-6-13-7-11/h10-11,13H,3-9H2,1-2H3. The average Bonchev–Trinajstić information content (AvgIpc) is 2.14. The van der Waals surface area contributed by atoms with Crippen LogP contribution in [0, 0.1) is 11.8 Å². The van der Waals surface area contributed by atoms with Crippen molar-refractivity contribution >= 4 is 5.91 Å². The molecule has 0 bridgehead atoms. The van der Waals surface area contributed by atoms with Gasteiger partial charge in [0.1, 0.15) is 0 Å². The van der Waals surface area contributed by atoms with Crippen molar-refractivity contribution < 1.29 is 4.79 Å². The predicted molar refractivity (Wildman–Crippen MR) is 64.2 cm³/mol. The molecule has 0 radical (unpaired) electrons. The second-order valence-corrected chi connectivity index (χ2v) is 5.34. The fourth-order valence-electron chi connectivity index (χ4n) is 2.67. The van der Waals surface area contributed by atoms with Crippen LogP contribution in [-0.4, -0.2) is 62.5 Å². The number of hydrogen-bond acceptors (Lipinski definition) is 3. The largest absolute Gasteiger partial charge is 0.345 e. The van der Waals surface area contributed by atoms with Crippen LogP contribution in [0.15, 0.2) is 0 Å². The molecule has 1 amide bonds. The van der Waals surface area contributed by atoms with Crippen molar-refractivity contribution in [1.82, 2.24) is 15.1 Å². The summed E-state index contributed by atoms with van der Waals surface area (Å²) in [5, 5.41) is 3.15. The van der Waals surface area contributed by atoms with E-state index >= 15 is 0 Å². The molecule has 1 atom stereocenters. The van der Waals surface area contributed by atoms with Gasteiger partial charge >= 0.3 is 0 Å². The van der Waals surface area contributed by atoms with Crippen molar-refractivity contribution in [3.8, 4) is 0 Å². The summed E-state index contributed by atoms with van der Waals surface area (Å²) < 4.78 is 0. The lowest BCUT2D eigenvalue weighted by molar-refractivity contribution is -0.136. The molecule has 4 heteroatoms. The maximum absolute atomic E-state index is 12.0. The Labute approximate surface area is 98.0 Å². The first-order valence-corrected chi connectivity index (χ1v) is 6.31. The van der Waals surface area contributed by atoms with Crippen LogP contribution in [0.1, 0.15) is 12.8 Å². The molecular formula is C12H23N3O. The summed E-state index contributed by atoms with van der Waals surface area (Å²) in [5.41, 5.74) is 0. The van der Waals surface area contributed by atoms with E-state index in [1.165, 1.54) is 19.4 Å². The summed E-state index contributed by atoms with van der Waals surface area (Å²) in [7, 11) is 4.12. The highest BCUT2D eigenvalue weighted by Gasteiger charge is 2.29. The zero-order valence-corrected chi connectivity index (χ0v) is 10.4. The van der Waals surface area contributed by atoms with Crippen LogP contribution in [0.4, 0.5) is 0 Å². The van der Waals surface area contributed by atoms with Gasteiger partial charge in [0.25, 0.3) is 0 Å². The third kappa shape index (κ3) is 2.74. The second-order valence-electron chi connectivity index (χ2n) is 5.34.